The van der Waals surface area contributed by atoms with E-state index in [9.17, 15) is 9.67 Å². The van der Waals surface area contributed by atoms with Gasteiger partial charge < -0.3 is 9.67 Å². The van der Waals surface area contributed by atoms with Crippen molar-refractivity contribution in [3.05, 3.63) is 53.1 Å². The summed E-state index contributed by atoms with van der Waals surface area (Å²) in [4.78, 5) is 8.86. The van der Waals surface area contributed by atoms with E-state index in [1.165, 1.54) is 0 Å². The molecule has 0 aliphatic rings. The Kier molecular flexibility index (Phi) is 7.40. The largest absolute Gasteiger partial charge is 0.508 e. The molecular weight excluding hydrogens is 343 g/mol. The summed E-state index contributed by atoms with van der Waals surface area (Å²) in [7, 11) is -2.33. The molecule has 0 fully saturated rings. The summed E-state index contributed by atoms with van der Waals surface area (Å²) in [6.07, 6.45) is 8.40. The van der Waals surface area contributed by atoms with E-state index in [0.717, 1.165) is 54.1 Å². The molecule has 0 radical (unpaired) electrons. The fraction of sp³-hybridized carbons (Fsp3) is 0.524. The van der Waals surface area contributed by atoms with E-state index in [4.69, 9.17) is 0 Å². The van der Waals surface area contributed by atoms with Gasteiger partial charge in [-0.05, 0) is 50.3 Å². The van der Waals surface area contributed by atoms with E-state index in [-0.39, 0.29) is 5.66 Å². The lowest BCUT2D eigenvalue weighted by Gasteiger charge is -2.28. The number of aryl methyl sites for hydroxylation is 2. The average Bonchev–Trinajstić information content (AvgIpc) is 2.58. The maximum absolute atomic E-state index is 13.9. The van der Waals surface area contributed by atoms with Gasteiger partial charge in [0.15, 0.2) is 0 Å². The van der Waals surface area contributed by atoms with Crippen molar-refractivity contribution < 1.29 is 9.67 Å². The molecule has 1 unspecified atom stereocenters. The second-order valence-electron chi connectivity index (χ2n) is 7.23. The van der Waals surface area contributed by atoms with Crippen LogP contribution in [-0.4, -0.2) is 33.1 Å². The molecule has 1 N–H and O–H groups in total. The number of benzene rings is 1. The van der Waals surface area contributed by atoms with Gasteiger partial charge in [0.2, 0.25) is 0 Å². The first kappa shape index (κ1) is 20.6. The van der Waals surface area contributed by atoms with Crippen LogP contribution in [0.4, 0.5) is 0 Å². The molecule has 2 rings (SSSR count). The maximum Gasteiger partial charge on any atom is 0.118 e. The Balaban J connectivity index is 2.35. The van der Waals surface area contributed by atoms with Gasteiger partial charge in [-0.15, -0.1) is 0 Å². The summed E-state index contributed by atoms with van der Waals surface area (Å²) >= 11 is 0. The van der Waals surface area contributed by atoms with Gasteiger partial charge in [0.1, 0.15) is 5.75 Å². The molecule has 4 nitrogen and oxygen atoms in total. The Labute approximate surface area is 157 Å². The lowest BCUT2D eigenvalue weighted by atomic mass is 10.0. The number of rotatable bonds is 9. The van der Waals surface area contributed by atoms with Gasteiger partial charge in [-0.2, -0.15) is 0 Å². The second-order valence-corrected chi connectivity index (χ2v) is 10.8. The molecule has 1 aromatic heterocycles. The second kappa shape index (κ2) is 9.32. The van der Waals surface area contributed by atoms with Crippen LogP contribution in [-0.2, 0) is 17.4 Å². The molecule has 1 aromatic carbocycles. The molecule has 1 heterocycles. The van der Waals surface area contributed by atoms with E-state index >= 15 is 0 Å². The summed E-state index contributed by atoms with van der Waals surface area (Å²) in [6, 6.07) is 5.69. The van der Waals surface area contributed by atoms with Crippen molar-refractivity contribution in [3.8, 4) is 5.75 Å². The molecule has 0 aliphatic heterocycles. The Morgan fingerprint density at radius 1 is 1.08 bits per heavy atom. The van der Waals surface area contributed by atoms with Gasteiger partial charge in [-0.3, -0.25) is 9.97 Å². The third-order valence-corrected chi connectivity index (χ3v) is 8.96. The SMILES string of the molecule is CCCP(=O)(CCC)C(Cc1ccc(O)c(C)c1)Cc1cncc(C)n1. The van der Waals surface area contributed by atoms with Crippen LogP contribution < -0.4 is 0 Å². The Morgan fingerprint density at radius 3 is 2.35 bits per heavy atom. The number of aromatic nitrogens is 2. The molecule has 2 aromatic rings. The number of hydrogen-bond donors (Lipinski definition) is 1. The zero-order valence-corrected chi connectivity index (χ0v) is 17.3. The van der Waals surface area contributed by atoms with Crippen LogP contribution in [0.25, 0.3) is 0 Å². The van der Waals surface area contributed by atoms with Crippen LogP contribution >= 0.6 is 7.14 Å². The van der Waals surface area contributed by atoms with Gasteiger partial charge >= 0.3 is 0 Å². The van der Waals surface area contributed by atoms with Gasteiger partial charge in [-0.1, -0.05) is 26.0 Å². The number of hydrogen-bond acceptors (Lipinski definition) is 4. The topological polar surface area (TPSA) is 63.1 Å². The molecule has 0 saturated heterocycles. The number of phenols is 1. The number of phenolic OH excluding ortho intramolecular Hbond substituents is 1. The quantitative estimate of drug-likeness (QED) is 0.618. The highest BCUT2D eigenvalue weighted by atomic mass is 31.2. The predicted octanol–water partition coefficient (Wildman–Crippen LogP) is 5.14. The summed E-state index contributed by atoms with van der Waals surface area (Å²) in [6.45, 7) is 8.05. The molecule has 0 spiro atoms. The van der Waals surface area contributed by atoms with Crippen LogP contribution in [0.1, 0.15) is 49.2 Å². The average molecular weight is 374 g/mol. The van der Waals surface area contributed by atoms with Crippen molar-refractivity contribution in [1.29, 1.82) is 0 Å². The van der Waals surface area contributed by atoms with Crippen LogP contribution in [0.5, 0.6) is 5.75 Å². The normalized spacial score (nSPS) is 12.9. The summed E-state index contributed by atoms with van der Waals surface area (Å²) < 4.78 is 13.9. The van der Waals surface area contributed by atoms with Gasteiger partial charge in [0.05, 0.1) is 18.5 Å². The van der Waals surface area contributed by atoms with Gasteiger partial charge in [0, 0.05) is 36.8 Å². The van der Waals surface area contributed by atoms with Crippen molar-refractivity contribution in [3.63, 3.8) is 0 Å². The lowest BCUT2D eigenvalue weighted by Crippen LogP contribution is -2.20. The fourth-order valence-corrected chi connectivity index (χ4v) is 7.14. The van der Waals surface area contributed by atoms with Crippen LogP contribution in [0.3, 0.4) is 0 Å². The first-order chi connectivity index (χ1) is 12.4. The van der Waals surface area contributed by atoms with Crippen molar-refractivity contribution in [2.24, 2.45) is 0 Å². The summed E-state index contributed by atoms with van der Waals surface area (Å²) in [5.74, 6) is 0.306. The molecule has 5 heteroatoms. The Hall–Kier alpha value is -1.67. The fourth-order valence-electron chi connectivity index (χ4n) is 3.61. The third-order valence-electron chi connectivity index (χ3n) is 4.85. The molecule has 0 amide bonds. The highest BCUT2D eigenvalue weighted by Crippen LogP contribution is 2.54. The molecule has 0 saturated carbocycles. The predicted molar refractivity (Wildman–Crippen MR) is 109 cm³/mol. The van der Waals surface area contributed by atoms with E-state index in [0.29, 0.717) is 12.2 Å². The molecular formula is C21H31N2O2P. The number of nitrogens with zero attached hydrogens (tertiary/aromatic N) is 2. The lowest BCUT2D eigenvalue weighted by molar-refractivity contribution is 0.471. The van der Waals surface area contributed by atoms with Crippen molar-refractivity contribution >= 4 is 7.14 Å². The molecule has 0 bridgehead atoms. The minimum atomic E-state index is -2.33. The Morgan fingerprint density at radius 2 is 1.77 bits per heavy atom. The standard InChI is InChI=1S/C21H31N2O2P/c1-5-9-26(25,10-6-2)20(13-19-15-22-14-17(4)23-19)12-18-7-8-21(24)16(3)11-18/h7-8,11,14-15,20,24H,5-6,9-10,12-13H2,1-4H3. The zero-order chi connectivity index (χ0) is 19.2. The van der Waals surface area contributed by atoms with Crippen LogP contribution in [0.15, 0.2) is 30.6 Å². The molecule has 142 valence electrons. The monoisotopic (exact) mass is 374 g/mol. The Bertz CT molecular complexity index is 766. The molecule has 0 aliphatic carbocycles. The first-order valence-corrected chi connectivity index (χ1v) is 11.7. The maximum atomic E-state index is 13.9. The van der Waals surface area contributed by atoms with E-state index in [2.05, 4.69) is 23.8 Å². The summed E-state index contributed by atoms with van der Waals surface area (Å²) in [5.41, 5.74) is 3.85. The highest BCUT2D eigenvalue weighted by Gasteiger charge is 2.32. The zero-order valence-electron chi connectivity index (χ0n) is 16.4. The van der Waals surface area contributed by atoms with Crippen LogP contribution in [0.2, 0.25) is 0 Å². The van der Waals surface area contributed by atoms with Crippen molar-refractivity contribution in [1.82, 2.24) is 9.97 Å². The van der Waals surface area contributed by atoms with Gasteiger partial charge in [0.25, 0.3) is 0 Å². The summed E-state index contributed by atoms with van der Waals surface area (Å²) in [5, 5.41) is 9.80. The van der Waals surface area contributed by atoms with Gasteiger partial charge in [-0.25, -0.2) is 0 Å². The third kappa shape index (κ3) is 5.41. The smallest absolute Gasteiger partial charge is 0.118 e. The van der Waals surface area contributed by atoms with E-state index in [1.807, 2.05) is 26.0 Å². The minimum absolute atomic E-state index is 0.0578. The van der Waals surface area contributed by atoms with E-state index < -0.39 is 7.14 Å². The van der Waals surface area contributed by atoms with E-state index in [1.54, 1.807) is 18.5 Å². The first-order valence-electron chi connectivity index (χ1n) is 9.51. The van der Waals surface area contributed by atoms with Crippen LogP contribution in [0, 0.1) is 13.8 Å². The number of aromatic hydroxyl groups is 1. The van der Waals surface area contributed by atoms with Crippen molar-refractivity contribution in [2.45, 2.75) is 59.0 Å². The highest BCUT2D eigenvalue weighted by molar-refractivity contribution is 7.64. The van der Waals surface area contributed by atoms with Crippen molar-refractivity contribution in [2.75, 3.05) is 12.3 Å². The molecule has 1 atom stereocenters. The minimum Gasteiger partial charge on any atom is -0.508 e. The molecule has 26 heavy (non-hydrogen) atoms.